The highest BCUT2D eigenvalue weighted by molar-refractivity contribution is 5.96. The third-order valence-electron chi connectivity index (χ3n) is 9.18. The maximum atomic E-state index is 12.0. The van der Waals surface area contributed by atoms with Gasteiger partial charge in [0, 0.05) is 17.4 Å². The van der Waals surface area contributed by atoms with Gasteiger partial charge in [-0.2, -0.15) is 0 Å². The molecule has 0 aromatic rings. The second-order valence-electron chi connectivity index (χ2n) is 9.86. The van der Waals surface area contributed by atoms with E-state index in [1.54, 1.807) is 6.08 Å². The Labute approximate surface area is 154 Å². The van der Waals surface area contributed by atoms with Gasteiger partial charge >= 0.3 is 5.97 Å². The molecule has 0 aromatic carbocycles. The molecule has 4 heteroatoms. The lowest BCUT2D eigenvalue weighted by atomic mass is 9.49. The van der Waals surface area contributed by atoms with Gasteiger partial charge in [-0.1, -0.05) is 17.7 Å². The van der Waals surface area contributed by atoms with E-state index in [-0.39, 0.29) is 17.0 Å². The Morgan fingerprint density at radius 1 is 1.19 bits per heavy atom. The van der Waals surface area contributed by atoms with E-state index in [2.05, 4.69) is 24.2 Å². The van der Waals surface area contributed by atoms with Crippen LogP contribution in [0.2, 0.25) is 0 Å². The van der Waals surface area contributed by atoms with Crippen molar-refractivity contribution in [3.8, 4) is 0 Å². The molecule has 4 fully saturated rings. The van der Waals surface area contributed by atoms with Gasteiger partial charge in [0.25, 0.3) is 0 Å². The van der Waals surface area contributed by atoms with Crippen molar-refractivity contribution in [3.63, 3.8) is 0 Å². The molecule has 138 valence electrons. The third-order valence-corrected chi connectivity index (χ3v) is 9.18. The summed E-state index contributed by atoms with van der Waals surface area (Å²) >= 11 is 0. The lowest BCUT2D eigenvalue weighted by molar-refractivity contribution is -0.167. The number of hydrogen-bond donors (Lipinski definition) is 1. The minimum absolute atomic E-state index is 0.123. The van der Waals surface area contributed by atoms with E-state index in [0.717, 1.165) is 42.7 Å². The van der Waals surface area contributed by atoms with Gasteiger partial charge in [0.05, 0.1) is 5.71 Å². The first-order chi connectivity index (χ1) is 12.6. The highest BCUT2D eigenvalue weighted by atomic mass is 16.6. The molecule has 5 unspecified atom stereocenters. The van der Waals surface area contributed by atoms with Crippen LogP contribution in [0.15, 0.2) is 29.0 Å². The topological polar surface area (TPSA) is 58.9 Å². The molecule has 6 rings (SSSR count). The van der Waals surface area contributed by atoms with Crippen LogP contribution in [0.5, 0.6) is 0 Å². The van der Waals surface area contributed by atoms with Gasteiger partial charge in [-0.3, -0.25) is 0 Å². The first kappa shape index (κ1) is 15.5. The highest BCUT2D eigenvalue weighted by Gasteiger charge is 2.77. The average molecular weight is 353 g/mol. The van der Waals surface area contributed by atoms with E-state index in [9.17, 15) is 4.79 Å². The Morgan fingerprint density at radius 2 is 2.08 bits per heavy atom. The molecule has 1 N–H and O–H groups in total. The first-order valence-electron chi connectivity index (χ1n) is 10.4. The summed E-state index contributed by atoms with van der Waals surface area (Å²) in [5, 5.41) is 12.6. The van der Waals surface area contributed by atoms with E-state index in [1.165, 1.54) is 31.3 Å². The van der Waals surface area contributed by atoms with Crippen molar-refractivity contribution in [2.24, 2.45) is 46.1 Å². The maximum Gasteiger partial charge on any atom is 0.331 e. The summed E-state index contributed by atoms with van der Waals surface area (Å²) in [6.45, 7) is 2.42. The molecule has 0 aromatic heterocycles. The van der Waals surface area contributed by atoms with Crippen LogP contribution in [0.4, 0.5) is 0 Å². The number of esters is 1. The number of rotatable bonds is 0. The second kappa shape index (κ2) is 4.82. The van der Waals surface area contributed by atoms with E-state index < -0.39 is 0 Å². The molecule has 0 radical (unpaired) electrons. The van der Waals surface area contributed by atoms with E-state index >= 15 is 0 Å². The van der Waals surface area contributed by atoms with E-state index in [1.807, 2.05) is 0 Å². The molecule has 1 spiro atoms. The summed E-state index contributed by atoms with van der Waals surface area (Å²) in [6.07, 6.45) is 14.1. The number of allylic oxidation sites excluding steroid dienone is 2. The number of carbonyl (C=O) groups is 1. The smallest absolute Gasteiger partial charge is 0.331 e. The molecule has 1 aliphatic heterocycles. The van der Waals surface area contributed by atoms with Gasteiger partial charge in [-0.15, -0.1) is 0 Å². The molecule has 1 heterocycles. The number of fused-ring (bicyclic) bond motifs is 9. The molecule has 0 bridgehead atoms. The van der Waals surface area contributed by atoms with Crippen LogP contribution in [0.1, 0.15) is 51.9 Å². The standard InChI is InChI=1S/C22H27NO3/c1-21-8-6-15-14-5-3-13(23-25)10-12(14)2-4-16(15)20(21)17-11-18(17)22(21)9-7-19(24)26-22/h7,9-10,14-18,20,25H,2-6,8,11H2,1H3/b23-13+/t14-,15?,16?,17?,18?,20?,21-,22-/m0/s1. The number of oxime groups is 1. The molecule has 8 atom stereocenters. The van der Waals surface area contributed by atoms with Crippen LogP contribution >= 0.6 is 0 Å². The van der Waals surface area contributed by atoms with Crippen LogP contribution in [0, 0.1) is 40.9 Å². The van der Waals surface area contributed by atoms with Crippen LogP contribution in [0.25, 0.3) is 0 Å². The fraction of sp³-hybridized carbons (Fsp3) is 0.727. The predicted molar refractivity (Wildman–Crippen MR) is 96.6 cm³/mol. The van der Waals surface area contributed by atoms with Gasteiger partial charge in [0.1, 0.15) is 5.60 Å². The zero-order chi connectivity index (χ0) is 17.7. The molecule has 5 aliphatic carbocycles. The number of carbonyl (C=O) groups excluding carboxylic acids is 1. The minimum Gasteiger partial charge on any atom is -0.451 e. The van der Waals surface area contributed by atoms with Crippen LogP contribution < -0.4 is 0 Å². The van der Waals surface area contributed by atoms with E-state index in [4.69, 9.17) is 9.94 Å². The summed E-state index contributed by atoms with van der Waals surface area (Å²) in [5.74, 6) is 4.12. The maximum absolute atomic E-state index is 12.0. The van der Waals surface area contributed by atoms with Crippen molar-refractivity contribution >= 4 is 11.7 Å². The zero-order valence-corrected chi connectivity index (χ0v) is 15.4. The molecule has 4 nitrogen and oxygen atoms in total. The minimum atomic E-state index is -0.302. The number of ether oxygens (including phenoxy) is 1. The summed E-state index contributed by atoms with van der Waals surface area (Å²) in [5.41, 5.74) is 2.21. The van der Waals surface area contributed by atoms with Crippen LogP contribution in [-0.4, -0.2) is 22.5 Å². The Balaban J connectivity index is 1.36. The molecule has 4 saturated carbocycles. The van der Waals surface area contributed by atoms with E-state index in [0.29, 0.717) is 17.8 Å². The summed E-state index contributed by atoms with van der Waals surface area (Å²) in [7, 11) is 0. The molecule has 0 saturated heterocycles. The first-order valence-corrected chi connectivity index (χ1v) is 10.4. The molecule has 0 amide bonds. The lowest BCUT2D eigenvalue weighted by Gasteiger charge is -2.56. The molecule has 26 heavy (non-hydrogen) atoms. The largest absolute Gasteiger partial charge is 0.451 e. The van der Waals surface area contributed by atoms with Crippen LogP contribution in [-0.2, 0) is 9.53 Å². The molecular formula is C22H27NO3. The monoisotopic (exact) mass is 353 g/mol. The Bertz CT molecular complexity index is 782. The highest BCUT2D eigenvalue weighted by Crippen LogP contribution is 2.77. The second-order valence-corrected chi connectivity index (χ2v) is 9.86. The van der Waals surface area contributed by atoms with Crippen molar-refractivity contribution in [2.45, 2.75) is 57.5 Å². The molecular weight excluding hydrogens is 326 g/mol. The van der Waals surface area contributed by atoms with Gasteiger partial charge in [-0.25, -0.2) is 4.79 Å². The normalized spacial score (nSPS) is 55.0. The van der Waals surface area contributed by atoms with Crippen LogP contribution in [0.3, 0.4) is 0 Å². The third kappa shape index (κ3) is 1.67. The van der Waals surface area contributed by atoms with Gasteiger partial charge in [0.2, 0.25) is 0 Å². The number of nitrogens with zero attached hydrogens (tertiary/aromatic N) is 1. The fourth-order valence-electron chi connectivity index (χ4n) is 8.23. The zero-order valence-electron chi connectivity index (χ0n) is 15.4. The fourth-order valence-corrected chi connectivity index (χ4v) is 8.23. The summed E-state index contributed by atoms with van der Waals surface area (Å²) < 4.78 is 6.05. The summed E-state index contributed by atoms with van der Waals surface area (Å²) in [6, 6.07) is 0. The Hall–Kier alpha value is -1.58. The Morgan fingerprint density at radius 3 is 2.85 bits per heavy atom. The molecule has 6 aliphatic rings. The van der Waals surface area contributed by atoms with Crippen molar-refractivity contribution in [3.05, 3.63) is 23.8 Å². The van der Waals surface area contributed by atoms with Crippen molar-refractivity contribution < 1.29 is 14.7 Å². The lowest BCUT2D eigenvalue weighted by Crippen LogP contribution is -2.54. The van der Waals surface area contributed by atoms with Crippen molar-refractivity contribution in [1.29, 1.82) is 0 Å². The Kier molecular flexibility index (Phi) is 2.87. The quantitative estimate of drug-likeness (QED) is 0.405. The van der Waals surface area contributed by atoms with Crippen molar-refractivity contribution in [1.82, 2.24) is 0 Å². The van der Waals surface area contributed by atoms with Crippen molar-refractivity contribution in [2.75, 3.05) is 0 Å². The predicted octanol–water partition coefficient (Wildman–Crippen LogP) is 4.10. The van der Waals surface area contributed by atoms with Gasteiger partial charge in [-0.05, 0) is 86.7 Å². The van der Waals surface area contributed by atoms with Gasteiger partial charge in [0.15, 0.2) is 0 Å². The summed E-state index contributed by atoms with van der Waals surface area (Å²) in [4.78, 5) is 12.0. The SMILES string of the molecule is C[C@]12CCC3C(CCC4=C/C(=N/O)CC[C@@H]43)C1C1CC1[C@@]21C=CC(=O)O1. The average Bonchev–Trinajstić information content (AvgIpc) is 3.29. The van der Waals surface area contributed by atoms with Gasteiger partial charge < -0.3 is 9.94 Å². The number of hydrogen-bond acceptors (Lipinski definition) is 4.